The Morgan fingerprint density at radius 2 is 1.33 bits per heavy atom. The predicted octanol–water partition coefficient (Wildman–Crippen LogP) is 5.74. The van der Waals surface area contributed by atoms with E-state index in [9.17, 15) is 28.8 Å². The molecule has 1 aromatic heterocycles. The highest BCUT2D eigenvalue weighted by Crippen LogP contribution is 2.30. The van der Waals surface area contributed by atoms with E-state index in [-0.39, 0.29) is 47.7 Å². The van der Waals surface area contributed by atoms with Crippen molar-refractivity contribution >= 4 is 36.0 Å². The summed E-state index contributed by atoms with van der Waals surface area (Å²) < 4.78 is 21.7. The number of ether oxygens (including phenoxy) is 4. The Morgan fingerprint density at radius 3 is 1.88 bits per heavy atom. The quantitative estimate of drug-likeness (QED) is 0.0302. The first-order valence-corrected chi connectivity index (χ1v) is 20.0. The molecule has 1 aromatic rings. The van der Waals surface area contributed by atoms with Crippen LogP contribution in [0.5, 0.6) is 0 Å². The van der Waals surface area contributed by atoms with Crippen LogP contribution in [0.4, 0.5) is 20.3 Å². The maximum absolute atomic E-state index is 13.2. The van der Waals surface area contributed by atoms with E-state index >= 15 is 0 Å². The number of urea groups is 1. The van der Waals surface area contributed by atoms with Crippen molar-refractivity contribution in [3.63, 3.8) is 0 Å². The van der Waals surface area contributed by atoms with Crippen molar-refractivity contribution in [2.24, 2.45) is 22.7 Å². The lowest BCUT2D eigenvalue weighted by Gasteiger charge is -2.33. The molecule has 0 saturated heterocycles. The van der Waals surface area contributed by atoms with Crippen molar-refractivity contribution < 1.29 is 42.9 Å². The highest BCUT2D eigenvalue weighted by atomic mass is 16.6. The third-order valence-corrected chi connectivity index (χ3v) is 9.19. The van der Waals surface area contributed by atoms with Gasteiger partial charge in [0.1, 0.15) is 24.4 Å². The van der Waals surface area contributed by atoms with Crippen molar-refractivity contribution in [1.29, 1.82) is 0 Å². The van der Waals surface area contributed by atoms with E-state index in [1.54, 1.807) is 34.6 Å². The van der Waals surface area contributed by atoms with Crippen molar-refractivity contribution in [2.45, 2.75) is 132 Å². The van der Waals surface area contributed by atoms with Gasteiger partial charge in [0.2, 0.25) is 5.95 Å². The van der Waals surface area contributed by atoms with E-state index < -0.39 is 47.1 Å². The first kappa shape index (κ1) is 51.3. The normalized spacial score (nSPS) is 13.6. The zero-order chi connectivity index (χ0) is 44.3. The number of aromatic amines is 1. The topological polar surface area (TPSA) is 228 Å². The third kappa shape index (κ3) is 22.9. The monoisotopic (exact) mass is 822 g/mol. The lowest BCUT2D eigenvalue weighted by atomic mass is 9.80. The second kappa shape index (κ2) is 23.7. The molecule has 1 rings (SSSR count). The van der Waals surface area contributed by atoms with Gasteiger partial charge in [-0.15, -0.1) is 0 Å². The fraction of sp³-hybridized carbons (Fsp3) is 0.732. The van der Waals surface area contributed by atoms with Crippen LogP contribution in [-0.2, 0) is 28.5 Å². The molecule has 17 nitrogen and oxygen atoms in total. The van der Waals surface area contributed by atoms with Crippen LogP contribution in [0, 0.1) is 29.6 Å². The maximum Gasteiger partial charge on any atom is 0.407 e. The fourth-order valence-electron chi connectivity index (χ4n) is 6.78. The number of hydrogen-bond donors (Lipinski definition) is 6. The van der Waals surface area contributed by atoms with Gasteiger partial charge in [-0.2, -0.15) is 4.98 Å². The molecule has 3 unspecified atom stereocenters. The largest absolute Gasteiger partial charge is 0.459 e. The number of nitrogens with one attached hydrogen (secondary N) is 6. The van der Waals surface area contributed by atoms with E-state index in [0.717, 1.165) is 18.9 Å². The minimum absolute atomic E-state index is 0.0477. The van der Waals surface area contributed by atoms with Crippen LogP contribution in [0.15, 0.2) is 23.5 Å². The van der Waals surface area contributed by atoms with Gasteiger partial charge in [0.25, 0.3) is 11.5 Å². The molecule has 0 spiro atoms. The number of anilines is 1. The number of H-pyrrole nitrogens is 1. The number of alkyl carbamates (subject to hydrolysis) is 2. The van der Waals surface area contributed by atoms with Gasteiger partial charge < -0.3 is 45.2 Å². The summed E-state index contributed by atoms with van der Waals surface area (Å²) in [6.45, 7) is 27.9. The molecule has 0 aliphatic heterocycles. The van der Waals surface area contributed by atoms with Gasteiger partial charge in [-0.25, -0.2) is 19.2 Å². The molecule has 5 amide bonds. The second-order valence-corrected chi connectivity index (χ2v) is 17.9. The molecule has 17 heteroatoms. The number of aromatic nitrogens is 2. The number of rotatable bonds is 25. The Kier molecular flexibility index (Phi) is 21.0. The Balaban J connectivity index is 2.41. The molecular formula is C41H71N7O10. The SMILES string of the molecule is C=CC(=O)OCCOC(=O)NCCC(C)(C)CC(C)CNC(=O)C(C)(C)OC(C)CC(C)(C)OC(=O)NCCC(C)(C)CC(C)CNC(=O)Nc1nc(=O)cc(C)[nH]1. The molecule has 0 aromatic carbocycles. The van der Waals surface area contributed by atoms with Crippen LogP contribution in [-0.4, -0.2) is 96.8 Å². The van der Waals surface area contributed by atoms with Crippen molar-refractivity contribution in [1.82, 2.24) is 31.2 Å². The van der Waals surface area contributed by atoms with Gasteiger partial charge >= 0.3 is 24.2 Å². The molecule has 6 N–H and O–H groups in total. The number of esters is 1. The summed E-state index contributed by atoms with van der Waals surface area (Å²) in [5.41, 5.74) is -2.14. The molecule has 0 aliphatic carbocycles. The molecule has 0 aliphatic rings. The molecule has 330 valence electrons. The summed E-state index contributed by atoms with van der Waals surface area (Å²) in [5, 5.41) is 13.9. The summed E-state index contributed by atoms with van der Waals surface area (Å²) in [5.74, 6) is -0.473. The lowest BCUT2D eigenvalue weighted by Crippen LogP contribution is -2.48. The molecule has 0 fully saturated rings. The van der Waals surface area contributed by atoms with Crippen molar-refractivity contribution in [2.75, 3.05) is 44.7 Å². The summed E-state index contributed by atoms with van der Waals surface area (Å²) in [7, 11) is 0. The summed E-state index contributed by atoms with van der Waals surface area (Å²) in [4.78, 5) is 79.3. The summed E-state index contributed by atoms with van der Waals surface area (Å²) in [6.07, 6.45) is 2.78. The number of amides is 5. The average Bonchev–Trinajstić information content (AvgIpc) is 3.06. The number of nitrogens with zero attached hydrogens (tertiary/aromatic N) is 1. The molecule has 3 atom stereocenters. The Morgan fingerprint density at radius 1 is 0.793 bits per heavy atom. The number of hydrogen-bond acceptors (Lipinski definition) is 11. The number of carbonyl (C=O) groups is 5. The van der Waals surface area contributed by atoms with Gasteiger partial charge in [-0.05, 0) is 89.9 Å². The van der Waals surface area contributed by atoms with Crippen LogP contribution in [0.1, 0.15) is 114 Å². The van der Waals surface area contributed by atoms with Gasteiger partial charge in [0, 0.05) is 50.4 Å². The van der Waals surface area contributed by atoms with E-state index in [1.807, 2.05) is 13.8 Å². The standard InChI is InChI=1S/C41H71N7O10/c1-14-32(50)55-19-20-56-36(53)42-17-15-38(6,7)22-27(2)25-44-33(51)41(12,13)57-30(5)24-40(10,11)58-37(54)43-18-16-39(8,9)23-28(3)26-45-35(52)48-34-46-29(4)21-31(49)47-34/h14,21,27-28,30H,1,15-20,22-26H2,2-13H3,(H,42,53)(H,43,54)(H,44,51)(H3,45,46,47,48,49,52). The minimum Gasteiger partial charge on any atom is -0.459 e. The van der Waals surface area contributed by atoms with Gasteiger partial charge in [0.15, 0.2) is 0 Å². The minimum atomic E-state index is -1.14. The van der Waals surface area contributed by atoms with E-state index in [4.69, 9.17) is 18.9 Å². The third-order valence-electron chi connectivity index (χ3n) is 9.19. The number of carbonyl (C=O) groups excluding carboxylic acids is 5. The first-order valence-electron chi connectivity index (χ1n) is 20.0. The highest BCUT2D eigenvalue weighted by molar-refractivity contribution is 5.87. The van der Waals surface area contributed by atoms with Gasteiger partial charge in [-0.1, -0.05) is 48.1 Å². The Hall–Kier alpha value is -4.67. The Bertz CT molecular complexity index is 1570. The molecular weight excluding hydrogens is 750 g/mol. The molecule has 0 bridgehead atoms. The Labute approximate surface area is 344 Å². The lowest BCUT2D eigenvalue weighted by molar-refractivity contribution is -0.152. The van der Waals surface area contributed by atoms with Crippen LogP contribution < -0.4 is 32.1 Å². The average molecular weight is 822 g/mol. The molecule has 0 saturated carbocycles. The second-order valence-electron chi connectivity index (χ2n) is 17.9. The first-order chi connectivity index (χ1) is 26.7. The molecule has 1 heterocycles. The molecule has 0 radical (unpaired) electrons. The van der Waals surface area contributed by atoms with E-state index in [0.29, 0.717) is 51.1 Å². The van der Waals surface area contributed by atoms with Crippen LogP contribution in [0.25, 0.3) is 0 Å². The highest BCUT2D eigenvalue weighted by Gasteiger charge is 2.34. The molecule has 58 heavy (non-hydrogen) atoms. The van der Waals surface area contributed by atoms with Gasteiger partial charge in [0.05, 0.1) is 6.10 Å². The zero-order valence-corrected chi connectivity index (χ0v) is 36.9. The summed E-state index contributed by atoms with van der Waals surface area (Å²) >= 11 is 0. The van der Waals surface area contributed by atoms with Crippen LogP contribution in [0.3, 0.4) is 0 Å². The predicted molar refractivity (Wildman–Crippen MR) is 222 cm³/mol. The van der Waals surface area contributed by atoms with Gasteiger partial charge in [-0.3, -0.25) is 14.9 Å². The number of aryl methyl sites for hydroxylation is 1. The van der Waals surface area contributed by atoms with Crippen molar-refractivity contribution in [3.05, 3.63) is 34.8 Å². The summed E-state index contributed by atoms with van der Waals surface area (Å²) in [6, 6.07) is 0.873. The van der Waals surface area contributed by atoms with E-state index in [1.165, 1.54) is 6.07 Å². The zero-order valence-electron chi connectivity index (χ0n) is 36.9. The smallest absolute Gasteiger partial charge is 0.407 e. The van der Waals surface area contributed by atoms with Crippen LogP contribution >= 0.6 is 0 Å². The van der Waals surface area contributed by atoms with Crippen LogP contribution in [0.2, 0.25) is 0 Å². The van der Waals surface area contributed by atoms with E-state index in [2.05, 4.69) is 77.7 Å². The maximum atomic E-state index is 13.2. The fourth-order valence-corrected chi connectivity index (χ4v) is 6.78. The van der Waals surface area contributed by atoms with Crippen molar-refractivity contribution in [3.8, 4) is 0 Å².